The summed E-state index contributed by atoms with van der Waals surface area (Å²) in [6.45, 7) is 2.30. The molecule has 7 heteroatoms. The Morgan fingerprint density at radius 1 is 1.30 bits per heavy atom. The van der Waals surface area contributed by atoms with Crippen molar-refractivity contribution >= 4 is 28.3 Å². The van der Waals surface area contributed by atoms with Crippen molar-refractivity contribution < 1.29 is 9.53 Å². The maximum Gasteiger partial charge on any atom is 0.257 e. The smallest absolute Gasteiger partial charge is 0.257 e. The van der Waals surface area contributed by atoms with Gasteiger partial charge in [0.2, 0.25) is 0 Å². The molecule has 1 saturated heterocycles. The number of hydrogen-bond donors (Lipinski definition) is 1. The van der Waals surface area contributed by atoms with Gasteiger partial charge in [-0.1, -0.05) is 6.07 Å². The van der Waals surface area contributed by atoms with Crippen molar-refractivity contribution in [1.29, 1.82) is 5.26 Å². The summed E-state index contributed by atoms with van der Waals surface area (Å²) in [5.74, 6) is 0.620. The van der Waals surface area contributed by atoms with Gasteiger partial charge in [0.15, 0.2) is 0 Å². The van der Waals surface area contributed by atoms with Gasteiger partial charge in [0.25, 0.3) is 5.91 Å². The van der Waals surface area contributed by atoms with E-state index in [9.17, 15) is 4.79 Å². The SMILES string of the molecule is Cn1ccc2c(Nc3cccc(C#N)c3)ncc(C(=O)N3CCOCC3)c21. The lowest BCUT2D eigenvalue weighted by atomic mass is 10.1. The first-order valence-electron chi connectivity index (χ1n) is 8.75. The van der Waals surface area contributed by atoms with Gasteiger partial charge in [-0.2, -0.15) is 5.26 Å². The number of anilines is 2. The summed E-state index contributed by atoms with van der Waals surface area (Å²) in [4.78, 5) is 19.3. The van der Waals surface area contributed by atoms with Crippen LogP contribution in [-0.4, -0.2) is 46.7 Å². The third kappa shape index (κ3) is 3.23. The van der Waals surface area contributed by atoms with Crippen molar-refractivity contribution in [3.05, 3.63) is 53.9 Å². The zero-order valence-electron chi connectivity index (χ0n) is 15.0. The first-order valence-corrected chi connectivity index (χ1v) is 8.75. The number of carbonyl (C=O) groups is 1. The number of nitriles is 1. The van der Waals surface area contributed by atoms with E-state index in [-0.39, 0.29) is 5.91 Å². The van der Waals surface area contributed by atoms with Crippen molar-refractivity contribution in [1.82, 2.24) is 14.5 Å². The number of aromatic nitrogens is 2. The van der Waals surface area contributed by atoms with Gasteiger partial charge < -0.3 is 19.5 Å². The van der Waals surface area contributed by atoms with Crippen LogP contribution in [-0.2, 0) is 11.8 Å². The van der Waals surface area contributed by atoms with Crippen molar-refractivity contribution in [2.45, 2.75) is 0 Å². The zero-order valence-corrected chi connectivity index (χ0v) is 15.0. The van der Waals surface area contributed by atoms with Crippen LogP contribution in [0.2, 0.25) is 0 Å². The second-order valence-electron chi connectivity index (χ2n) is 6.43. The standard InChI is InChI=1S/C20H19N5O2/c1-24-6-5-16-18(24)17(20(26)25-7-9-27-10-8-25)13-22-19(16)23-15-4-2-3-14(11-15)12-21/h2-6,11,13H,7-10H2,1H3,(H,22,23). The van der Waals surface area contributed by atoms with Crippen LogP contribution in [0.5, 0.6) is 0 Å². The molecule has 1 N–H and O–H groups in total. The van der Waals surface area contributed by atoms with Gasteiger partial charge in [-0.3, -0.25) is 4.79 Å². The van der Waals surface area contributed by atoms with E-state index in [0.717, 1.165) is 16.6 Å². The fourth-order valence-corrected chi connectivity index (χ4v) is 3.31. The second kappa shape index (κ2) is 7.09. The lowest BCUT2D eigenvalue weighted by Crippen LogP contribution is -2.40. The van der Waals surface area contributed by atoms with Crippen LogP contribution in [0.3, 0.4) is 0 Å². The number of hydrogen-bond acceptors (Lipinski definition) is 5. The molecule has 0 radical (unpaired) electrons. The van der Waals surface area contributed by atoms with E-state index in [1.165, 1.54) is 0 Å². The number of rotatable bonds is 3. The van der Waals surface area contributed by atoms with E-state index >= 15 is 0 Å². The predicted octanol–water partition coefficient (Wildman–Crippen LogP) is 2.66. The highest BCUT2D eigenvalue weighted by molar-refractivity contribution is 6.08. The summed E-state index contributed by atoms with van der Waals surface area (Å²) in [6, 6.07) is 11.3. The number of nitrogens with one attached hydrogen (secondary N) is 1. The van der Waals surface area contributed by atoms with E-state index in [0.29, 0.717) is 43.2 Å². The van der Waals surface area contributed by atoms with Crippen LogP contribution in [0.1, 0.15) is 15.9 Å². The molecule has 0 aliphatic carbocycles. The number of pyridine rings is 1. The molecule has 1 aliphatic heterocycles. The normalized spacial score (nSPS) is 14.1. The average Bonchev–Trinajstić information content (AvgIpc) is 3.11. The Morgan fingerprint density at radius 2 is 2.11 bits per heavy atom. The summed E-state index contributed by atoms with van der Waals surface area (Å²) in [6.07, 6.45) is 3.54. The molecule has 4 rings (SSSR count). The number of morpholine rings is 1. The third-order valence-corrected chi connectivity index (χ3v) is 4.69. The number of ether oxygens (including phenoxy) is 1. The van der Waals surface area contributed by atoms with Crippen LogP contribution in [0.15, 0.2) is 42.7 Å². The monoisotopic (exact) mass is 361 g/mol. The van der Waals surface area contributed by atoms with E-state index in [2.05, 4.69) is 16.4 Å². The van der Waals surface area contributed by atoms with Crippen molar-refractivity contribution in [2.24, 2.45) is 7.05 Å². The Hall–Kier alpha value is -3.37. The summed E-state index contributed by atoms with van der Waals surface area (Å²) in [5, 5.41) is 13.2. The van der Waals surface area contributed by atoms with Crippen LogP contribution >= 0.6 is 0 Å². The molecule has 7 nitrogen and oxygen atoms in total. The highest BCUT2D eigenvalue weighted by atomic mass is 16.5. The van der Waals surface area contributed by atoms with Crippen molar-refractivity contribution in [3.63, 3.8) is 0 Å². The van der Waals surface area contributed by atoms with Gasteiger partial charge in [0.1, 0.15) is 5.82 Å². The molecule has 1 amide bonds. The number of carbonyl (C=O) groups excluding carboxylic acids is 1. The highest BCUT2D eigenvalue weighted by Gasteiger charge is 2.23. The van der Waals surface area contributed by atoms with Gasteiger partial charge in [-0.05, 0) is 24.3 Å². The average molecular weight is 361 g/mol. The second-order valence-corrected chi connectivity index (χ2v) is 6.43. The molecule has 0 unspecified atom stereocenters. The van der Waals surface area contributed by atoms with Gasteiger partial charge in [-0.15, -0.1) is 0 Å². The fourth-order valence-electron chi connectivity index (χ4n) is 3.31. The van der Waals surface area contributed by atoms with Crippen LogP contribution in [0, 0.1) is 11.3 Å². The molecule has 0 atom stereocenters. The summed E-state index contributed by atoms with van der Waals surface area (Å²) < 4.78 is 7.27. The van der Waals surface area contributed by atoms with Gasteiger partial charge >= 0.3 is 0 Å². The zero-order chi connectivity index (χ0) is 18.8. The van der Waals surface area contributed by atoms with E-state index in [1.807, 2.05) is 36.0 Å². The Balaban J connectivity index is 1.72. The molecule has 0 bridgehead atoms. The number of fused-ring (bicyclic) bond motifs is 1. The van der Waals surface area contributed by atoms with Gasteiger partial charge in [-0.25, -0.2) is 4.98 Å². The van der Waals surface area contributed by atoms with Crippen LogP contribution in [0.4, 0.5) is 11.5 Å². The number of amides is 1. The van der Waals surface area contributed by atoms with Crippen molar-refractivity contribution in [3.8, 4) is 6.07 Å². The quantitative estimate of drug-likeness (QED) is 0.775. The molecule has 3 heterocycles. The van der Waals surface area contributed by atoms with Gasteiger partial charge in [0, 0.05) is 43.6 Å². The molecule has 1 aromatic carbocycles. The molecule has 27 heavy (non-hydrogen) atoms. The molecule has 3 aromatic rings. The Bertz CT molecular complexity index is 1040. The topological polar surface area (TPSA) is 83.2 Å². The molecular weight excluding hydrogens is 342 g/mol. The highest BCUT2D eigenvalue weighted by Crippen LogP contribution is 2.28. The van der Waals surface area contributed by atoms with Crippen LogP contribution < -0.4 is 5.32 Å². The van der Waals surface area contributed by atoms with E-state index < -0.39 is 0 Å². The van der Waals surface area contributed by atoms with E-state index in [1.54, 1.807) is 23.2 Å². The molecule has 0 saturated carbocycles. The maximum absolute atomic E-state index is 13.0. The van der Waals surface area contributed by atoms with Gasteiger partial charge in [0.05, 0.1) is 35.9 Å². The summed E-state index contributed by atoms with van der Waals surface area (Å²) in [7, 11) is 1.92. The molecule has 0 spiro atoms. The lowest BCUT2D eigenvalue weighted by molar-refractivity contribution is 0.0303. The lowest BCUT2D eigenvalue weighted by Gasteiger charge is -2.27. The molecule has 1 aliphatic rings. The molecule has 136 valence electrons. The summed E-state index contributed by atoms with van der Waals surface area (Å²) in [5.41, 5.74) is 2.76. The Labute approximate surface area is 156 Å². The first kappa shape index (κ1) is 17.1. The molecule has 1 fully saturated rings. The fraction of sp³-hybridized carbons (Fsp3) is 0.250. The number of benzene rings is 1. The Kier molecular flexibility index (Phi) is 4.48. The minimum Gasteiger partial charge on any atom is -0.378 e. The third-order valence-electron chi connectivity index (χ3n) is 4.69. The minimum atomic E-state index is -0.0318. The number of aryl methyl sites for hydroxylation is 1. The predicted molar refractivity (Wildman–Crippen MR) is 102 cm³/mol. The largest absolute Gasteiger partial charge is 0.378 e. The maximum atomic E-state index is 13.0. The van der Waals surface area contributed by atoms with E-state index in [4.69, 9.17) is 10.00 Å². The summed E-state index contributed by atoms with van der Waals surface area (Å²) >= 11 is 0. The number of nitrogens with zero attached hydrogens (tertiary/aromatic N) is 4. The Morgan fingerprint density at radius 3 is 2.89 bits per heavy atom. The molecule has 2 aromatic heterocycles. The first-order chi connectivity index (χ1) is 13.2. The molecular formula is C20H19N5O2. The van der Waals surface area contributed by atoms with Crippen molar-refractivity contribution in [2.75, 3.05) is 31.6 Å². The minimum absolute atomic E-state index is 0.0318. The van der Waals surface area contributed by atoms with Crippen LogP contribution in [0.25, 0.3) is 10.9 Å².